The number of benzene rings is 3. The van der Waals surface area contributed by atoms with Crippen molar-refractivity contribution < 1.29 is 22.3 Å². The summed E-state index contributed by atoms with van der Waals surface area (Å²) in [7, 11) is -3.67. The van der Waals surface area contributed by atoms with Gasteiger partial charge in [-0.1, -0.05) is 36.4 Å². The molecular weight excluding hydrogens is 457 g/mol. The second kappa shape index (κ2) is 9.61. The Bertz CT molecular complexity index is 1250. The molecule has 0 aliphatic carbocycles. The van der Waals surface area contributed by atoms with Gasteiger partial charge in [0.05, 0.1) is 10.6 Å². The fourth-order valence-electron chi connectivity index (χ4n) is 4.43. The molecule has 0 saturated carbocycles. The Morgan fingerprint density at radius 1 is 0.882 bits per heavy atom. The number of halogens is 1. The number of nitrogens with zero attached hydrogens (tertiary/aromatic N) is 2. The molecule has 0 aromatic heterocycles. The van der Waals surface area contributed by atoms with Gasteiger partial charge in [-0.15, -0.1) is 0 Å². The van der Waals surface area contributed by atoms with Gasteiger partial charge in [0, 0.05) is 38.8 Å². The molecule has 7 nitrogen and oxygen atoms in total. The maximum atomic E-state index is 14.3. The quantitative estimate of drug-likeness (QED) is 0.556. The first-order chi connectivity index (χ1) is 16.5. The van der Waals surface area contributed by atoms with Crippen LogP contribution in [0.25, 0.3) is 0 Å². The average Bonchev–Trinajstić information content (AvgIpc) is 3.34. The van der Waals surface area contributed by atoms with Crippen molar-refractivity contribution in [2.24, 2.45) is 0 Å². The van der Waals surface area contributed by atoms with Crippen LogP contribution < -0.4 is 19.1 Å². The number of ether oxygens (including phenoxy) is 2. The van der Waals surface area contributed by atoms with Crippen molar-refractivity contribution in [1.29, 1.82) is 0 Å². The number of anilines is 1. The number of hydrogen-bond donors (Lipinski definition) is 1. The van der Waals surface area contributed by atoms with Gasteiger partial charge in [-0.3, -0.25) is 4.90 Å². The van der Waals surface area contributed by atoms with E-state index in [1.807, 2.05) is 29.2 Å². The van der Waals surface area contributed by atoms with Crippen molar-refractivity contribution in [2.45, 2.75) is 10.9 Å². The van der Waals surface area contributed by atoms with E-state index in [0.29, 0.717) is 43.4 Å². The second-order valence-corrected chi connectivity index (χ2v) is 10.0. The van der Waals surface area contributed by atoms with Crippen LogP contribution >= 0.6 is 0 Å². The number of piperazine rings is 1. The van der Waals surface area contributed by atoms with Crippen LogP contribution in [0.4, 0.5) is 10.1 Å². The van der Waals surface area contributed by atoms with E-state index < -0.39 is 10.0 Å². The van der Waals surface area contributed by atoms with Gasteiger partial charge in [0.25, 0.3) is 0 Å². The molecule has 1 saturated heterocycles. The topological polar surface area (TPSA) is 71.1 Å². The molecule has 34 heavy (non-hydrogen) atoms. The Labute approximate surface area is 198 Å². The molecule has 1 atom stereocenters. The number of fused-ring (bicyclic) bond motifs is 1. The highest BCUT2D eigenvalue weighted by molar-refractivity contribution is 7.89. The van der Waals surface area contributed by atoms with Gasteiger partial charge in [-0.05, 0) is 42.0 Å². The van der Waals surface area contributed by atoms with Crippen molar-refractivity contribution in [3.63, 3.8) is 0 Å². The fourth-order valence-corrected chi connectivity index (χ4v) is 5.49. The van der Waals surface area contributed by atoms with E-state index in [0.717, 1.165) is 5.56 Å². The van der Waals surface area contributed by atoms with Crippen molar-refractivity contribution in [1.82, 2.24) is 9.62 Å². The fraction of sp³-hybridized carbons (Fsp3) is 0.280. The van der Waals surface area contributed by atoms with Gasteiger partial charge < -0.3 is 14.4 Å². The minimum absolute atomic E-state index is 0.172. The molecule has 2 aliphatic heterocycles. The first kappa shape index (κ1) is 22.6. The lowest BCUT2D eigenvalue weighted by Crippen LogP contribution is -2.50. The average molecular weight is 484 g/mol. The SMILES string of the molecule is O=S(=O)(NC[C@H](c1ccc2c(c1)OCO2)N1CCN(c2ccccc2F)CC1)c1ccccc1. The van der Waals surface area contributed by atoms with Gasteiger partial charge in [0.15, 0.2) is 11.5 Å². The summed E-state index contributed by atoms with van der Waals surface area (Å²) < 4.78 is 53.8. The van der Waals surface area contributed by atoms with Crippen LogP contribution in [0.2, 0.25) is 0 Å². The summed E-state index contributed by atoms with van der Waals surface area (Å²) in [4.78, 5) is 4.47. The lowest BCUT2D eigenvalue weighted by atomic mass is 10.0. The summed E-state index contributed by atoms with van der Waals surface area (Å²) in [6.45, 7) is 2.93. The first-order valence-corrected chi connectivity index (χ1v) is 12.7. The standard InChI is InChI=1S/C25H26FN3O4S/c26-21-8-4-5-9-22(21)28-12-14-29(15-13-28)23(19-10-11-24-25(16-19)33-18-32-24)17-27-34(30,31)20-6-2-1-3-7-20/h1-11,16,23,27H,12-15,17-18H2/t23-/m1/s1. The van der Waals surface area contributed by atoms with Gasteiger partial charge in [0.2, 0.25) is 16.8 Å². The van der Waals surface area contributed by atoms with Crippen LogP contribution in [0, 0.1) is 5.82 Å². The Morgan fingerprint density at radius 2 is 1.59 bits per heavy atom. The molecule has 0 unspecified atom stereocenters. The number of rotatable bonds is 7. The highest BCUT2D eigenvalue weighted by atomic mass is 32.2. The number of nitrogens with one attached hydrogen (secondary N) is 1. The van der Waals surface area contributed by atoms with E-state index >= 15 is 0 Å². The maximum Gasteiger partial charge on any atom is 0.240 e. The normalized spacial score (nSPS) is 17.0. The largest absolute Gasteiger partial charge is 0.454 e. The predicted molar refractivity (Wildman–Crippen MR) is 127 cm³/mol. The number of para-hydroxylation sites is 1. The molecule has 9 heteroatoms. The van der Waals surface area contributed by atoms with Crippen molar-refractivity contribution in [3.8, 4) is 11.5 Å². The van der Waals surface area contributed by atoms with E-state index in [1.54, 1.807) is 42.5 Å². The van der Waals surface area contributed by atoms with E-state index in [-0.39, 0.29) is 30.1 Å². The zero-order chi connectivity index (χ0) is 23.5. The molecule has 1 fully saturated rings. The van der Waals surface area contributed by atoms with E-state index in [9.17, 15) is 12.8 Å². The smallest absolute Gasteiger partial charge is 0.240 e. The van der Waals surface area contributed by atoms with Crippen molar-refractivity contribution >= 4 is 15.7 Å². The lowest BCUT2D eigenvalue weighted by Gasteiger charge is -2.40. The molecule has 1 N–H and O–H groups in total. The summed E-state index contributed by atoms with van der Waals surface area (Å²) in [5.74, 6) is 1.09. The molecule has 3 aromatic carbocycles. The molecule has 0 bridgehead atoms. The summed E-state index contributed by atoms with van der Waals surface area (Å²) in [5.41, 5.74) is 1.52. The highest BCUT2D eigenvalue weighted by Gasteiger charge is 2.29. The number of sulfonamides is 1. The van der Waals surface area contributed by atoms with E-state index in [2.05, 4.69) is 9.62 Å². The zero-order valence-corrected chi connectivity index (χ0v) is 19.4. The molecule has 2 heterocycles. The third-order valence-electron chi connectivity index (χ3n) is 6.25. The molecule has 178 valence electrons. The monoisotopic (exact) mass is 483 g/mol. The molecule has 0 radical (unpaired) electrons. The van der Waals surface area contributed by atoms with Gasteiger partial charge in [0.1, 0.15) is 5.82 Å². The zero-order valence-electron chi connectivity index (χ0n) is 18.6. The van der Waals surface area contributed by atoms with Crippen molar-refractivity contribution in [2.75, 3.05) is 44.4 Å². The minimum atomic E-state index is -3.67. The van der Waals surface area contributed by atoms with Crippen LogP contribution in [-0.4, -0.2) is 52.8 Å². The van der Waals surface area contributed by atoms with Crippen LogP contribution in [0.1, 0.15) is 11.6 Å². The molecule has 0 amide bonds. The van der Waals surface area contributed by atoms with Crippen molar-refractivity contribution in [3.05, 3.63) is 84.2 Å². The Morgan fingerprint density at radius 3 is 2.35 bits per heavy atom. The second-order valence-electron chi connectivity index (χ2n) is 8.27. The van der Waals surface area contributed by atoms with Gasteiger partial charge in [-0.2, -0.15) is 0 Å². The van der Waals surface area contributed by atoms with Gasteiger partial charge in [-0.25, -0.2) is 17.5 Å². The Kier molecular flexibility index (Phi) is 6.40. The van der Waals surface area contributed by atoms with Crippen LogP contribution in [-0.2, 0) is 10.0 Å². The van der Waals surface area contributed by atoms with Crippen LogP contribution in [0.3, 0.4) is 0 Å². The third-order valence-corrected chi connectivity index (χ3v) is 7.69. The van der Waals surface area contributed by atoms with Gasteiger partial charge >= 0.3 is 0 Å². The van der Waals surface area contributed by atoms with E-state index in [4.69, 9.17) is 9.47 Å². The molecule has 3 aromatic rings. The summed E-state index contributed by atoms with van der Waals surface area (Å²) >= 11 is 0. The summed E-state index contributed by atoms with van der Waals surface area (Å²) in [6, 6.07) is 20.6. The Balaban J connectivity index is 1.36. The Hall–Kier alpha value is -3.14. The predicted octanol–water partition coefficient (Wildman–Crippen LogP) is 3.40. The molecular formula is C25H26FN3O4S. The van der Waals surface area contributed by atoms with Crippen LogP contribution in [0.5, 0.6) is 11.5 Å². The van der Waals surface area contributed by atoms with Crippen LogP contribution in [0.15, 0.2) is 77.7 Å². The minimum Gasteiger partial charge on any atom is -0.454 e. The number of hydrogen-bond acceptors (Lipinski definition) is 6. The lowest BCUT2D eigenvalue weighted by molar-refractivity contribution is 0.173. The third kappa shape index (κ3) is 4.72. The highest BCUT2D eigenvalue weighted by Crippen LogP contribution is 2.36. The molecule has 0 spiro atoms. The summed E-state index contributed by atoms with van der Waals surface area (Å²) in [5, 5.41) is 0. The van der Waals surface area contributed by atoms with E-state index in [1.165, 1.54) is 6.07 Å². The molecule has 2 aliphatic rings. The summed E-state index contributed by atoms with van der Waals surface area (Å²) in [6.07, 6.45) is 0. The maximum absolute atomic E-state index is 14.3. The first-order valence-electron chi connectivity index (χ1n) is 11.2. The molecule has 5 rings (SSSR count).